The average molecular weight is 283 g/mol. The molecule has 0 aromatic heterocycles. The first-order valence-corrected chi connectivity index (χ1v) is 7.56. The van der Waals surface area contributed by atoms with E-state index in [2.05, 4.69) is 9.80 Å². The van der Waals surface area contributed by atoms with Crippen LogP contribution in [0.15, 0.2) is 0 Å². The molecule has 0 radical (unpaired) electrons. The van der Waals surface area contributed by atoms with Crippen LogP contribution in [-0.2, 0) is 14.3 Å². The second-order valence-electron chi connectivity index (χ2n) is 5.35. The highest BCUT2D eigenvalue weighted by Gasteiger charge is 2.34. The van der Waals surface area contributed by atoms with Crippen LogP contribution in [0, 0.1) is 0 Å². The van der Waals surface area contributed by atoms with Crippen LogP contribution in [0.4, 0.5) is 0 Å². The number of hydrogen-bond donors (Lipinski definition) is 0. The molecule has 2 aliphatic heterocycles. The minimum absolute atomic E-state index is 0.0596. The van der Waals surface area contributed by atoms with E-state index in [-0.39, 0.29) is 17.9 Å². The van der Waals surface area contributed by atoms with Gasteiger partial charge >= 0.3 is 5.97 Å². The fourth-order valence-corrected chi connectivity index (χ4v) is 2.92. The smallest absolute Gasteiger partial charge is 0.323 e. The van der Waals surface area contributed by atoms with Gasteiger partial charge in [-0.2, -0.15) is 0 Å². The number of hydrogen-bond acceptors (Lipinski definition) is 5. The Bertz CT molecular complexity index is 350. The Kier molecular flexibility index (Phi) is 5.37. The van der Waals surface area contributed by atoms with Gasteiger partial charge in [-0.25, -0.2) is 0 Å². The van der Waals surface area contributed by atoms with Crippen LogP contribution in [0.3, 0.4) is 0 Å². The summed E-state index contributed by atoms with van der Waals surface area (Å²) >= 11 is 0. The van der Waals surface area contributed by atoms with Gasteiger partial charge in [0.25, 0.3) is 0 Å². The topological polar surface area (TPSA) is 53.1 Å². The minimum Gasteiger partial charge on any atom is -0.464 e. The lowest BCUT2D eigenvalue weighted by Gasteiger charge is -2.36. The lowest BCUT2D eigenvalue weighted by Crippen LogP contribution is -2.53. The molecule has 0 aromatic rings. The third-order valence-electron chi connectivity index (χ3n) is 4.23. The largest absolute Gasteiger partial charge is 0.464 e. The van der Waals surface area contributed by atoms with E-state index in [9.17, 15) is 9.59 Å². The van der Waals surface area contributed by atoms with Crippen molar-refractivity contribution in [2.75, 3.05) is 52.4 Å². The number of carbonyl (C=O) groups excluding carboxylic acids is 2. The number of piperazine rings is 1. The molecular formula is C14H25N3O3. The Hall–Kier alpha value is -1.14. The van der Waals surface area contributed by atoms with Crippen molar-refractivity contribution < 1.29 is 14.3 Å². The van der Waals surface area contributed by atoms with E-state index in [1.54, 1.807) is 0 Å². The lowest BCUT2D eigenvalue weighted by molar-refractivity contribution is -0.143. The van der Waals surface area contributed by atoms with Crippen molar-refractivity contribution >= 4 is 11.9 Å². The lowest BCUT2D eigenvalue weighted by atomic mass is 10.2. The molecule has 20 heavy (non-hydrogen) atoms. The summed E-state index contributed by atoms with van der Waals surface area (Å²) in [6, 6.07) is -0.0596. The van der Waals surface area contributed by atoms with Gasteiger partial charge in [0.15, 0.2) is 0 Å². The molecule has 0 saturated carbocycles. The normalized spacial score (nSPS) is 24.7. The summed E-state index contributed by atoms with van der Waals surface area (Å²) in [5.41, 5.74) is 0. The number of rotatable bonds is 5. The average Bonchev–Trinajstić information content (AvgIpc) is 2.87. The molecule has 2 aliphatic rings. The molecular weight excluding hydrogens is 258 g/mol. The summed E-state index contributed by atoms with van der Waals surface area (Å²) in [6.45, 7) is 9.95. The van der Waals surface area contributed by atoms with Gasteiger partial charge in [0.05, 0.1) is 13.2 Å². The van der Waals surface area contributed by atoms with Gasteiger partial charge in [-0.3, -0.25) is 19.4 Å². The van der Waals surface area contributed by atoms with E-state index >= 15 is 0 Å². The highest BCUT2D eigenvalue weighted by Crippen LogP contribution is 2.16. The fourth-order valence-electron chi connectivity index (χ4n) is 2.92. The molecule has 2 rings (SSSR count). The van der Waals surface area contributed by atoms with Gasteiger partial charge in [-0.15, -0.1) is 0 Å². The van der Waals surface area contributed by atoms with Gasteiger partial charge < -0.3 is 9.64 Å². The third kappa shape index (κ3) is 3.49. The molecule has 0 aliphatic carbocycles. The summed E-state index contributed by atoms with van der Waals surface area (Å²) < 4.78 is 5.02. The molecule has 2 saturated heterocycles. The van der Waals surface area contributed by atoms with Crippen molar-refractivity contribution in [3.05, 3.63) is 0 Å². The maximum atomic E-state index is 12.1. The minimum atomic E-state index is -0.0855. The maximum absolute atomic E-state index is 12.1. The van der Waals surface area contributed by atoms with Gasteiger partial charge in [0.1, 0.15) is 6.04 Å². The molecule has 0 N–H and O–H groups in total. The van der Waals surface area contributed by atoms with Crippen LogP contribution < -0.4 is 0 Å². The molecule has 2 heterocycles. The van der Waals surface area contributed by atoms with Crippen molar-refractivity contribution in [2.45, 2.75) is 26.3 Å². The third-order valence-corrected chi connectivity index (χ3v) is 4.23. The number of carbonyl (C=O) groups is 2. The Balaban J connectivity index is 1.76. The van der Waals surface area contributed by atoms with Crippen molar-refractivity contribution in [3.63, 3.8) is 0 Å². The van der Waals surface area contributed by atoms with Gasteiger partial charge in [-0.1, -0.05) is 0 Å². The number of amides is 1. The van der Waals surface area contributed by atoms with Crippen molar-refractivity contribution in [1.82, 2.24) is 14.7 Å². The zero-order valence-electron chi connectivity index (χ0n) is 12.5. The molecule has 6 heteroatoms. The van der Waals surface area contributed by atoms with E-state index < -0.39 is 0 Å². The first-order chi connectivity index (χ1) is 9.65. The van der Waals surface area contributed by atoms with Crippen molar-refractivity contribution in [1.29, 1.82) is 0 Å². The first-order valence-electron chi connectivity index (χ1n) is 7.56. The SMILES string of the molecule is CCN(CC)C(=O)CN1CCN(C2CCOC2=O)CC1. The van der Waals surface area contributed by atoms with Gasteiger partial charge in [0, 0.05) is 45.7 Å². The molecule has 0 bridgehead atoms. The second kappa shape index (κ2) is 7.04. The molecule has 1 unspecified atom stereocenters. The van der Waals surface area contributed by atoms with Gasteiger partial charge in [0.2, 0.25) is 5.91 Å². The van der Waals surface area contributed by atoms with Gasteiger partial charge in [-0.05, 0) is 13.8 Å². The van der Waals surface area contributed by atoms with Crippen molar-refractivity contribution in [3.8, 4) is 0 Å². The Labute approximate surface area is 120 Å². The Morgan fingerprint density at radius 3 is 2.40 bits per heavy atom. The number of esters is 1. The summed E-state index contributed by atoms with van der Waals surface area (Å²) in [5, 5.41) is 0. The quantitative estimate of drug-likeness (QED) is 0.653. The highest BCUT2D eigenvalue weighted by atomic mass is 16.5. The van der Waals surface area contributed by atoms with Crippen LogP contribution in [-0.4, -0.2) is 85.0 Å². The van der Waals surface area contributed by atoms with E-state index in [0.29, 0.717) is 13.2 Å². The summed E-state index contributed by atoms with van der Waals surface area (Å²) in [5.74, 6) is 0.112. The number of cyclic esters (lactones) is 1. The standard InChI is InChI=1S/C14H25N3O3/c1-3-16(4-2)13(18)11-15-6-8-17(9-7-15)12-5-10-20-14(12)19/h12H,3-11H2,1-2H3. The van der Waals surface area contributed by atoms with Crippen LogP contribution in [0.5, 0.6) is 0 Å². The second-order valence-corrected chi connectivity index (χ2v) is 5.35. The predicted molar refractivity (Wildman–Crippen MR) is 75.3 cm³/mol. The summed E-state index contributed by atoms with van der Waals surface area (Å²) in [7, 11) is 0. The monoisotopic (exact) mass is 283 g/mol. The maximum Gasteiger partial charge on any atom is 0.323 e. The zero-order valence-corrected chi connectivity index (χ0v) is 12.5. The van der Waals surface area contributed by atoms with Crippen LogP contribution in [0.2, 0.25) is 0 Å². The molecule has 2 fully saturated rings. The van der Waals surface area contributed by atoms with E-state index in [1.165, 1.54) is 0 Å². The zero-order chi connectivity index (χ0) is 14.5. The van der Waals surface area contributed by atoms with E-state index in [1.807, 2.05) is 18.7 Å². The predicted octanol–water partition coefficient (Wildman–Crippen LogP) is -0.212. The number of ether oxygens (including phenoxy) is 1. The Morgan fingerprint density at radius 1 is 1.25 bits per heavy atom. The number of nitrogens with zero attached hydrogens (tertiary/aromatic N) is 3. The summed E-state index contributed by atoms with van der Waals surface area (Å²) in [6.07, 6.45) is 0.803. The molecule has 1 atom stereocenters. The Morgan fingerprint density at radius 2 is 1.90 bits per heavy atom. The van der Waals surface area contributed by atoms with Crippen LogP contribution >= 0.6 is 0 Å². The molecule has 1 amide bonds. The first kappa shape index (κ1) is 15.3. The van der Waals surface area contributed by atoms with E-state index in [0.717, 1.165) is 45.7 Å². The summed E-state index contributed by atoms with van der Waals surface area (Å²) in [4.78, 5) is 29.8. The van der Waals surface area contributed by atoms with E-state index in [4.69, 9.17) is 4.74 Å². The number of likely N-dealkylation sites (N-methyl/N-ethyl adjacent to an activating group) is 1. The molecule has 0 spiro atoms. The van der Waals surface area contributed by atoms with Crippen LogP contribution in [0.1, 0.15) is 20.3 Å². The molecule has 0 aromatic carbocycles. The van der Waals surface area contributed by atoms with Crippen LogP contribution in [0.25, 0.3) is 0 Å². The fraction of sp³-hybridized carbons (Fsp3) is 0.857. The molecule has 6 nitrogen and oxygen atoms in total. The molecule has 114 valence electrons. The highest BCUT2D eigenvalue weighted by molar-refractivity contribution is 5.78. The van der Waals surface area contributed by atoms with Crippen molar-refractivity contribution in [2.24, 2.45) is 0 Å².